The first kappa shape index (κ1) is 25.8. The van der Waals surface area contributed by atoms with Gasteiger partial charge in [-0.25, -0.2) is 9.50 Å². The summed E-state index contributed by atoms with van der Waals surface area (Å²) < 4.78 is 1.90. The van der Waals surface area contributed by atoms with Crippen LogP contribution in [0.3, 0.4) is 0 Å². The molecule has 0 saturated carbocycles. The molecule has 2 aromatic heterocycles. The van der Waals surface area contributed by atoms with Crippen LogP contribution < -0.4 is 0 Å². The summed E-state index contributed by atoms with van der Waals surface area (Å²) in [4.78, 5) is 5.08. The van der Waals surface area contributed by atoms with Gasteiger partial charge in [0.05, 0.1) is 5.41 Å². The van der Waals surface area contributed by atoms with E-state index < -0.39 is 0 Å². The number of fused-ring (bicyclic) bond motifs is 14. The summed E-state index contributed by atoms with van der Waals surface area (Å²) in [6.45, 7) is 0. The molecule has 11 rings (SSSR count). The second-order valence-electron chi connectivity index (χ2n) is 13.0. The monoisotopic (exact) mass is 609 g/mol. The maximum Gasteiger partial charge on any atom is 0.182 e. The van der Waals surface area contributed by atoms with Crippen molar-refractivity contribution in [1.29, 1.82) is 0 Å². The third-order valence-corrected chi connectivity index (χ3v) is 10.7. The lowest BCUT2D eigenvalue weighted by Crippen LogP contribution is -2.25. The van der Waals surface area contributed by atoms with Crippen molar-refractivity contribution in [1.82, 2.24) is 14.6 Å². The van der Waals surface area contributed by atoms with Crippen molar-refractivity contribution in [3.05, 3.63) is 186 Å². The summed E-state index contributed by atoms with van der Waals surface area (Å²) in [5.74, 6) is 0.733. The molecular weight excluding hydrogens is 583 g/mol. The molecule has 0 atom stereocenters. The molecule has 0 amide bonds. The van der Waals surface area contributed by atoms with Crippen molar-refractivity contribution < 1.29 is 0 Å². The molecule has 0 aliphatic heterocycles. The SMILES string of the molecule is c1ccc2c(c1)-c1ccccc1C21c2ccccc2-c2ccc(-c3ccc4cccc(-c5nc6c7ccccc7ccn6n5)c4c3)cc21. The molecule has 2 aliphatic rings. The van der Waals surface area contributed by atoms with Crippen LogP contribution in [0.15, 0.2) is 164 Å². The first-order chi connectivity index (χ1) is 23.8. The average Bonchev–Trinajstić information content (AvgIpc) is 3.81. The first-order valence-corrected chi connectivity index (χ1v) is 16.5. The van der Waals surface area contributed by atoms with E-state index in [2.05, 4.69) is 158 Å². The molecular formula is C45H27N3. The number of pyridine rings is 1. The second kappa shape index (κ2) is 9.37. The van der Waals surface area contributed by atoms with Crippen molar-refractivity contribution in [3.63, 3.8) is 0 Å². The summed E-state index contributed by atoms with van der Waals surface area (Å²) in [5.41, 5.74) is 14.6. The van der Waals surface area contributed by atoms with Crippen molar-refractivity contribution in [2.75, 3.05) is 0 Å². The Morgan fingerprint density at radius 3 is 1.73 bits per heavy atom. The van der Waals surface area contributed by atoms with Crippen molar-refractivity contribution in [2.45, 2.75) is 5.41 Å². The zero-order valence-electron chi connectivity index (χ0n) is 25.9. The van der Waals surface area contributed by atoms with Crippen molar-refractivity contribution in [2.24, 2.45) is 0 Å². The molecule has 0 unspecified atom stereocenters. The van der Waals surface area contributed by atoms with Crippen LogP contribution in [0.2, 0.25) is 0 Å². The zero-order chi connectivity index (χ0) is 31.4. The summed E-state index contributed by atoms with van der Waals surface area (Å²) >= 11 is 0. The van der Waals surface area contributed by atoms with Gasteiger partial charge in [-0.3, -0.25) is 0 Å². The Morgan fingerprint density at radius 1 is 0.417 bits per heavy atom. The van der Waals surface area contributed by atoms with Gasteiger partial charge in [0.15, 0.2) is 11.5 Å². The Hall–Kier alpha value is -6.32. The normalized spacial score (nSPS) is 13.6. The Labute approximate surface area is 277 Å². The predicted octanol–water partition coefficient (Wildman–Crippen LogP) is 10.7. The minimum absolute atomic E-state index is 0.361. The minimum atomic E-state index is -0.361. The molecule has 0 N–H and O–H groups in total. The predicted molar refractivity (Wildman–Crippen MR) is 195 cm³/mol. The fourth-order valence-corrected chi connectivity index (χ4v) is 8.64. The van der Waals surface area contributed by atoms with Crippen LogP contribution in [0, 0.1) is 0 Å². The molecule has 3 nitrogen and oxygen atoms in total. The second-order valence-corrected chi connectivity index (χ2v) is 13.0. The van der Waals surface area contributed by atoms with Gasteiger partial charge in [0.25, 0.3) is 0 Å². The van der Waals surface area contributed by atoms with Gasteiger partial charge in [-0.1, -0.05) is 140 Å². The summed E-state index contributed by atoms with van der Waals surface area (Å²) in [7, 11) is 0. The lowest BCUT2D eigenvalue weighted by Gasteiger charge is -2.30. The Morgan fingerprint density at radius 2 is 0.979 bits per heavy atom. The Bertz CT molecular complexity index is 2740. The highest BCUT2D eigenvalue weighted by molar-refractivity contribution is 6.00. The molecule has 222 valence electrons. The molecule has 0 fully saturated rings. The van der Waals surface area contributed by atoms with E-state index in [4.69, 9.17) is 10.1 Å². The molecule has 48 heavy (non-hydrogen) atoms. The minimum Gasteiger partial charge on any atom is -0.220 e. The van der Waals surface area contributed by atoms with Gasteiger partial charge in [0.2, 0.25) is 0 Å². The van der Waals surface area contributed by atoms with Crippen LogP contribution in [0.1, 0.15) is 22.3 Å². The maximum absolute atomic E-state index is 5.08. The fourth-order valence-electron chi connectivity index (χ4n) is 8.64. The maximum atomic E-state index is 5.08. The van der Waals surface area contributed by atoms with E-state index in [0.29, 0.717) is 0 Å². The van der Waals surface area contributed by atoms with E-state index in [-0.39, 0.29) is 5.41 Å². The molecule has 0 bridgehead atoms. The summed E-state index contributed by atoms with van der Waals surface area (Å²) in [6, 6.07) is 57.7. The number of hydrogen-bond acceptors (Lipinski definition) is 2. The topological polar surface area (TPSA) is 30.2 Å². The van der Waals surface area contributed by atoms with Gasteiger partial charge in [0, 0.05) is 17.1 Å². The van der Waals surface area contributed by atoms with Gasteiger partial charge in [-0.15, -0.1) is 5.10 Å². The van der Waals surface area contributed by atoms with E-state index in [9.17, 15) is 0 Å². The molecule has 0 saturated heterocycles. The molecule has 9 aromatic rings. The molecule has 3 heteroatoms. The number of hydrogen-bond donors (Lipinski definition) is 0. The quantitative estimate of drug-likeness (QED) is 0.195. The number of nitrogens with zero attached hydrogens (tertiary/aromatic N) is 3. The smallest absolute Gasteiger partial charge is 0.182 e. The van der Waals surface area contributed by atoms with Crippen LogP contribution in [-0.2, 0) is 5.41 Å². The number of benzene rings is 7. The third-order valence-electron chi connectivity index (χ3n) is 10.7. The van der Waals surface area contributed by atoms with Crippen LogP contribution in [0.4, 0.5) is 0 Å². The standard InChI is InChI=1S/C45H27N3/c1-2-12-32-29(10-1)24-25-48-44(32)46-43(47-48)37-16-9-11-28-20-21-30(26-38(28)37)31-22-23-36-35-15-5-8-19-41(35)45(42(36)27-31)39-17-6-3-13-33(39)34-14-4-7-18-40(34)45/h1-27H. The van der Waals surface area contributed by atoms with Crippen LogP contribution >= 0.6 is 0 Å². The van der Waals surface area contributed by atoms with Crippen molar-refractivity contribution in [3.8, 4) is 44.8 Å². The summed E-state index contributed by atoms with van der Waals surface area (Å²) in [5, 5.41) is 9.53. The van der Waals surface area contributed by atoms with E-state index in [1.807, 2.05) is 10.7 Å². The largest absolute Gasteiger partial charge is 0.220 e. The number of rotatable bonds is 2. The van der Waals surface area contributed by atoms with Crippen molar-refractivity contribution >= 4 is 27.2 Å². The average molecular weight is 610 g/mol. The number of aromatic nitrogens is 3. The van der Waals surface area contributed by atoms with E-state index in [0.717, 1.165) is 33.2 Å². The van der Waals surface area contributed by atoms with Gasteiger partial charge in [-0.2, -0.15) is 0 Å². The first-order valence-electron chi connectivity index (χ1n) is 16.5. The lowest BCUT2D eigenvalue weighted by atomic mass is 9.70. The van der Waals surface area contributed by atoms with Gasteiger partial charge in [-0.05, 0) is 90.0 Å². The van der Waals surface area contributed by atoms with E-state index in [1.165, 1.54) is 61.0 Å². The van der Waals surface area contributed by atoms with E-state index >= 15 is 0 Å². The van der Waals surface area contributed by atoms with Crippen LogP contribution in [0.25, 0.3) is 72.0 Å². The lowest BCUT2D eigenvalue weighted by molar-refractivity contribution is 0.794. The Balaban J connectivity index is 1.13. The molecule has 2 aliphatic carbocycles. The highest BCUT2D eigenvalue weighted by Gasteiger charge is 2.51. The molecule has 1 spiro atoms. The summed E-state index contributed by atoms with van der Waals surface area (Å²) in [6.07, 6.45) is 2.00. The van der Waals surface area contributed by atoms with Crippen LogP contribution in [-0.4, -0.2) is 14.6 Å². The van der Waals surface area contributed by atoms with E-state index in [1.54, 1.807) is 0 Å². The van der Waals surface area contributed by atoms with Gasteiger partial charge in [0.1, 0.15) is 0 Å². The third kappa shape index (κ3) is 3.27. The highest BCUT2D eigenvalue weighted by Crippen LogP contribution is 2.63. The fraction of sp³-hybridized carbons (Fsp3) is 0.0222. The highest BCUT2D eigenvalue weighted by atomic mass is 15.3. The van der Waals surface area contributed by atoms with Gasteiger partial charge < -0.3 is 0 Å². The molecule has 7 aromatic carbocycles. The molecule has 0 radical (unpaired) electrons. The zero-order valence-corrected chi connectivity index (χ0v) is 25.9. The Kier molecular flexibility index (Phi) is 5.04. The molecule has 2 heterocycles. The van der Waals surface area contributed by atoms with Gasteiger partial charge >= 0.3 is 0 Å². The van der Waals surface area contributed by atoms with Crippen LogP contribution in [0.5, 0.6) is 0 Å².